The smallest absolute Gasteiger partial charge is 0.227 e. The number of hydrogen-bond acceptors (Lipinski definition) is 5. The third-order valence-corrected chi connectivity index (χ3v) is 8.19. The Hall–Kier alpha value is -2.29. The molecule has 6 nitrogen and oxygen atoms in total. The van der Waals surface area contributed by atoms with Crippen molar-refractivity contribution in [1.29, 1.82) is 0 Å². The Balaban J connectivity index is 1.27. The molecule has 4 rings (SSSR count). The van der Waals surface area contributed by atoms with Gasteiger partial charge in [-0.25, -0.2) is 12.8 Å². The molecule has 2 aromatic rings. The highest BCUT2D eigenvalue weighted by Gasteiger charge is 2.28. The number of sulfone groups is 1. The molecule has 0 saturated carbocycles. The van der Waals surface area contributed by atoms with Crippen LogP contribution in [0.3, 0.4) is 0 Å². The first-order chi connectivity index (χ1) is 16.3. The summed E-state index contributed by atoms with van der Waals surface area (Å²) in [6.45, 7) is 5.87. The molecule has 34 heavy (non-hydrogen) atoms. The third-order valence-electron chi connectivity index (χ3n) is 6.99. The van der Waals surface area contributed by atoms with Gasteiger partial charge in [0.15, 0.2) is 9.84 Å². The van der Waals surface area contributed by atoms with Gasteiger partial charge in [-0.3, -0.25) is 14.6 Å². The molecule has 2 saturated heterocycles. The zero-order valence-electron chi connectivity index (χ0n) is 19.8. The van der Waals surface area contributed by atoms with Crippen molar-refractivity contribution in [2.45, 2.75) is 43.2 Å². The van der Waals surface area contributed by atoms with Crippen LogP contribution in [0.2, 0.25) is 0 Å². The maximum absolute atomic E-state index is 13.1. The standard InChI is InChI=1S/C26H34FN3O3S/c1-34(32,33)25-6-3-2-5-22(25)20-28-15-11-24(12-16-28)29-13-4-14-30(18-17-29)26(31)19-21-7-9-23(27)10-8-21/h2-3,5-10,24H,4,11-20H2,1H3. The maximum Gasteiger partial charge on any atom is 0.227 e. The van der Waals surface area contributed by atoms with Crippen molar-refractivity contribution in [3.63, 3.8) is 0 Å². The van der Waals surface area contributed by atoms with E-state index >= 15 is 0 Å². The van der Waals surface area contributed by atoms with Crippen LogP contribution < -0.4 is 0 Å². The molecule has 2 aliphatic rings. The maximum atomic E-state index is 13.1. The number of amides is 1. The molecule has 0 bridgehead atoms. The molecule has 2 heterocycles. The number of likely N-dealkylation sites (tertiary alicyclic amines) is 1. The zero-order chi connectivity index (χ0) is 24.1. The summed E-state index contributed by atoms with van der Waals surface area (Å²) in [7, 11) is -3.23. The predicted molar refractivity (Wildman–Crippen MR) is 131 cm³/mol. The van der Waals surface area contributed by atoms with E-state index < -0.39 is 9.84 Å². The minimum Gasteiger partial charge on any atom is -0.341 e. The summed E-state index contributed by atoms with van der Waals surface area (Å²) >= 11 is 0. The fourth-order valence-corrected chi connectivity index (χ4v) is 6.05. The van der Waals surface area contributed by atoms with Crippen LogP contribution in [0.5, 0.6) is 0 Å². The Bertz CT molecular complexity index is 1080. The van der Waals surface area contributed by atoms with Crippen LogP contribution in [0, 0.1) is 5.82 Å². The highest BCUT2D eigenvalue weighted by Crippen LogP contribution is 2.23. The average molecular weight is 488 g/mol. The second-order valence-electron chi connectivity index (χ2n) is 9.46. The van der Waals surface area contributed by atoms with E-state index in [1.165, 1.54) is 18.4 Å². The Morgan fingerprint density at radius 2 is 1.65 bits per heavy atom. The average Bonchev–Trinajstić information content (AvgIpc) is 3.07. The van der Waals surface area contributed by atoms with Gasteiger partial charge >= 0.3 is 0 Å². The Morgan fingerprint density at radius 1 is 0.941 bits per heavy atom. The number of carbonyl (C=O) groups is 1. The molecule has 2 fully saturated rings. The van der Waals surface area contributed by atoms with Gasteiger partial charge in [0, 0.05) is 45.0 Å². The molecule has 1 amide bonds. The fraction of sp³-hybridized carbons (Fsp3) is 0.500. The van der Waals surface area contributed by atoms with E-state index in [1.807, 2.05) is 17.0 Å². The van der Waals surface area contributed by atoms with Crippen molar-refractivity contribution in [2.75, 3.05) is 45.5 Å². The summed E-state index contributed by atoms with van der Waals surface area (Å²) in [5.74, 6) is -0.180. The van der Waals surface area contributed by atoms with Crippen LogP contribution in [0.15, 0.2) is 53.4 Å². The monoisotopic (exact) mass is 487 g/mol. The summed E-state index contributed by atoms with van der Waals surface area (Å²) in [5, 5.41) is 0. The van der Waals surface area contributed by atoms with E-state index in [2.05, 4.69) is 9.80 Å². The lowest BCUT2D eigenvalue weighted by molar-refractivity contribution is -0.130. The van der Waals surface area contributed by atoms with Crippen molar-refractivity contribution in [1.82, 2.24) is 14.7 Å². The SMILES string of the molecule is CS(=O)(=O)c1ccccc1CN1CCC(N2CCCN(C(=O)Cc3ccc(F)cc3)CC2)CC1. The summed E-state index contributed by atoms with van der Waals surface area (Å²) in [4.78, 5) is 20.0. The molecule has 0 aliphatic carbocycles. The number of piperidine rings is 1. The molecule has 8 heteroatoms. The molecule has 0 N–H and O–H groups in total. The lowest BCUT2D eigenvalue weighted by Crippen LogP contribution is -2.46. The van der Waals surface area contributed by atoms with Crippen molar-refractivity contribution in [2.24, 2.45) is 0 Å². The Labute approximate surface area is 202 Å². The number of nitrogens with zero attached hydrogens (tertiary/aromatic N) is 3. The van der Waals surface area contributed by atoms with Crippen LogP contribution in [0.4, 0.5) is 4.39 Å². The number of benzene rings is 2. The van der Waals surface area contributed by atoms with E-state index in [0.717, 1.165) is 69.7 Å². The minimum absolute atomic E-state index is 0.104. The van der Waals surface area contributed by atoms with Crippen molar-refractivity contribution >= 4 is 15.7 Å². The molecule has 184 valence electrons. The molecular formula is C26H34FN3O3S. The first-order valence-corrected chi connectivity index (χ1v) is 14.0. The lowest BCUT2D eigenvalue weighted by Gasteiger charge is -2.38. The van der Waals surface area contributed by atoms with Crippen molar-refractivity contribution < 1.29 is 17.6 Å². The summed E-state index contributed by atoms with van der Waals surface area (Å²) in [5.41, 5.74) is 1.71. The van der Waals surface area contributed by atoms with Crippen LogP contribution in [-0.4, -0.2) is 80.6 Å². The van der Waals surface area contributed by atoms with Gasteiger partial charge in [-0.1, -0.05) is 30.3 Å². The topological polar surface area (TPSA) is 60.9 Å². The van der Waals surface area contributed by atoms with Crippen molar-refractivity contribution in [3.05, 3.63) is 65.5 Å². The highest BCUT2D eigenvalue weighted by atomic mass is 32.2. The largest absolute Gasteiger partial charge is 0.341 e. The second kappa shape index (κ2) is 11.0. The predicted octanol–water partition coefficient (Wildman–Crippen LogP) is 2.97. The van der Waals surface area contributed by atoms with Crippen LogP contribution in [-0.2, 0) is 27.6 Å². The third kappa shape index (κ3) is 6.43. The summed E-state index contributed by atoms with van der Waals surface area (Å²) in [6, 6.07) is 13.9. The lowest BCUT2D eigenvalue weighted by atomic mass is 10.0. The van der Waals surface area contributed by atoms with Gasteiger partial charge in [-0.15, -0.1) is 0 Å². The quantitative estimate of drug-likeness (QED) is 0.627. The molecule has 2 aromatic carbocycles. The van der Waals surface area contributed by atoms with E-state index in [4.69, 9.17) is 0 Å². The summed E-state index contributed by atoms with van der Waals surface area (Å²) in [6.07, 6.45) is 4.63. The number of halogens is 1. The van der Waals surface area contributed by atoms with E-state index in [1.54, 1.807) is 24.3 Å². The molecular weight excluding hydrogens is 453 g/mol. The van der Waals surface area contributed by atoms with Crippen LogP contribution >= 0.6 is 0 Å². The molecule has 0 radical (unpaired) electrons. The second-order valence-corrected chi connectivity index (χ2v) is 11.4. The number of hydrogen-bond donors (Lipinski definition) is 0. The van der Waals surface area contributed by atoms with Gasteiger partial charge < -0.3 is 4.90 Å². The molecule has 0 aromatic heterocycles. The first-order valence-electron chi connectivity index (χ1n) is 12.1. The van der Waals surface area contributed by atoms with Gasteiger partial charge in [0.05, 0.1) is 11.3 Å². The van der Waals surface area contributed by atoms with E-state index in [-0.39, 0.29) is 11.7 Å². The van der Waals surface area contributed by atoms with Gasteiger partial charge in [0.2, 0.25) is 5.91 Å². The first kappa shape index (κ1) is 24.8. The number of rotatable bonds is 6. The Kier molecular flexibility index (Phi) is 8.01. The zero-order valence-corrected chi connectivity index (χ0v) is 20.6. The Morgan fingerprint density at radius 3 is 2.35 bits per heavy atom. The van der Waals surface area contributed by atoms with Crippen LogP contribution in [0.1, 0.15) is 30.4 Å². The number of carbonyl (C=O) groups excluding carboxylic acids is 1. The minimum atomic E-state index is -3.23. The van der Waals surface area contributed by atoms with Gasteiger partial charge in [0.1, 0.15) is 5.82 Å². The highest BCUT2D eigenvalue weighted by molar-refractivity contribution is 7.90. The summed E-state index contributed by atoms with van der Waals surface area (Å²) < 4.78 is 37.3. The molecule has 2 aliphatic heterocycles. The van der Waals surface area contributed by atoms with E-state index in [9.17, 15) is 17.6 Å². The normalized spacial score (nSPS) is 19.2. The van der Waals surface area contributed by atoms with Gasteiger partial charge in [-0.05, 0) is 61.7 Å². The van der Waals surface area contributed by atoms with E-state index in [0.29, 0.717) is 23.9 Å². The molecule has 0 spiro atoms. The molecule has 0 unspecified atom stereocenters. The molecule has 0 atom stereocenters. The fourth-order valence-electron chi connectivity index (χ4n) is 5.12. The van der Waals surface area contributed by atoms with Crippen LogP contribution in [0.25, 0.3) is 0 Å². The van der Waals surface area contributed by atoms with Gasteiger partial charge in [0.25, 0.3) is 0 Å². The van der Waals surface area contributed by atoms with Gasteiger partial charge in [-0.2, -0.15) is 0 Å². The van der Waals surface area contributed by atoms with Crippen molar-refractivity contribution in [3.8, 4) is 0 Å².